The fourth-order valence-electron chi connectivity index (χ4n) is 2.52. The molecule has 1 aliphatic heterocycles. The zero-order valence-electron chi connectivity index (χ0n) is 11.7. The monoisotopic (exact) mass is 344 g/mol. The van der Waals surface area contributed by atoms with Gasteiger partial charge in [-0.3, -0.25) is 0 Å². The van der Waals surface area contributed by atoms with Gasteiger partial charge in [-0.15, -0.1) is 11.3 Å². The molecule has 1 aromatic carbocycles. The number of hydrogen-bond donors (Lipinski definition) is 1. The number of thiophene rings is 1. The van der Waals surface area contributed by atoms with Gasteiger partial charge in [0.25, 0.3) is 10.0 Å². The Balaban J connectivity index is 1.95. The molecule has 114 valence electrons. The Hall–Kier alpha value is -0.660. The molecule has 0 spiro atoms. The molecule has 1 N–H and O–H groups in total. The summed E-state index contributed by atoms with van der Waals surface area (Å²) in [5.41, 5.74) is 0. The van der Waals surface area contributed by atoms with E-state index < -0.39 is 10.0 Å². The molecule has 2 heterocycles. The Kier molecular flexibility index (Phi) is 4.25. The Bertz CT molecular complexity index is 757. The van der Waals surface area contributed by atoms with Crippen molar-refractivity contribution in [2.24, 2.45) is 0 Å². The first-order valence-corrected chi connectivity index (χ1v) is 9.57. The SMILES string of the molecule is CCC1CN(S(=O)(=O)c2cc3ccc(Cl)cc3s2)CCN1. The molecule has 1 unspecified atom stereocenters. The summed E-state index contributed by atoms with van der Waals surface area (Å²) in [6, 6.07) is 7.43. The molecule has 3 rings (SSSR count). The highest BCUT2D eigenvalue weighted by Crippen LogP contribution is 2.33. The van der Waals surface area contributed by atoms with E-state index in [0.717, 1.165) is 16.5 Å². The summed E-state index contributed by atoms with van der Waals surface area (Å²) in [5.74, 6) is 0. The summed E-state index contributed by atoms with van der Waals surface area (Å²) in [6.45, 7) is 3.82. The predicted molar refractivity (Wildman–Crippen MR) is 87.7 cm³/mol. The Labute approximate surface area is 133 Å². The van der Waals surface area contributed by atoms with Crippen LogP contribution in [0.2, 0.25) is 5.02 Å². The lowest BCUT2D eigenvalue weighted by molar-refractivity contribution is 0.294. The molecule has 0 radical (unpaired) electrons. The second-order valence-corrected chi connectivity index (χ2v) is 8.85. The van der Waals surface area contributed by atoms with Crippen molar-refractivity contribution < 1.29 is 8.42 Å². The van der Waals surface area contributed by atoms with E-state index in [-0.39, 0.29) is 6.04 Å². The van der Waals surface area contributed by atoms with Crippen LogP contribution < -0.4 is 5.32 Å². The fraction of sp³-hybridized carbons (Fsp3) is 0.429. The van der Waals surface area contributed by atoms with Gasteiger partial charge >= 0.3 is 0 Å². The molecule has 0 aliphatic carbocycles. The Morgan fingerprint density at radius 1 is 1.43 bits per heavy atom. The first-order chi connectivity index (χ1) is 10.0. The highest BCUT2D eigenvalue weighted by atomic mass is 35.5. The number of sulfonamides is 1. The number of fused-ring (bicyclic) bond motifs is 1. The summed E-state index contributed by atoms with van der Waals surface area (Å²) in [6.07, 6.45) is 0.925. The summed E-state index contributed by atoms with van der Waals surface area (Å²) in [4.78, 5) is 0. The quantitative estimate of drug-likeness (QED) is 0.931. The minimum atomic E-state index is -3.41. The summed E-state index contributed by atoms with van der Waals surface area (Å²) in [5, 5.41) is 4.88. The number of nitrogens with zero attached hydrogens (tertiary/aromatic N) is 1. The standard InChI is InChI=1S/C14H17ClN2O2S2/c1-2-12-9-17(6-5-16-12)21(18,19)14-7-10-3-4-11(15)8-13(10)20-14/h3-4,7-8,12,16H,2,5-6,9H2,1H3. The van der Waals surface area contributed by atoms with Crippen LogP contribution in [0.4, 0.5) is 0 Å². The zero-order chi connectivity index (χ0) is 15.0. The third-order valence-electron chi connectivity index (χ3n) is 3.76. The summed E-state index contributed by atoms with van der Waals surface area (Å²) < 4.78 is 28.5. The largest absolute Gasteiger partial charge is 0.311 e. The summed E-state index contributed by atoms with van der Waals surface area (Å²) >= 11 is 7.25. The van der Waals surface area contributed by atoms with Crippen LogP contribution in [0.3, 0.4) is 0 Å². The van der Waals surface area contributed by atoms with Gasteiger partial charge in [-0.2, -0.15) is 4.31 Å². The second-order valence-electron chi connectivity index (χ2n) is 5.17. The molecule has 4 nitrogen and oxygen atoms in total. The predicted octanol–water partition coefficient (Wildman–Crippen LogP) is 2.93. The van der Waals surface area contributed by atoms with Gasteiger partial charge in [0.05, 0.1) is 0 Å². The van der Waals surface area contributed by atoms with Crippen molar-refractivity contribution in [1.82, 2.24) is 9.62 Å². The number of rotatable bonds is 3. The molecule has 1 fully saturated rings. The molecular weight excluding hydrogens is 328 g/mol. The van der Waals surface area contributed by atoms with Gasteiger partial charge in [-0.25, -0.2) is 8.42 Å². The molecule has 21 heavy (non-hydrogen) atoms. The van der Waals surface area contributed by atoms with E-state index in [9.17, 15) is 8.42 Å². The minimum absolute atomic E-state index is 0.234. The summed E-state index contributed by atoms with van der Waals surface area (Å²) in [7, 11) is -3.41. The highest BCUT2D eigenvalue weighted by Gasteiger charge is 2.30. The van der Waals surface area contributed by atoms with Gasteiger partial charge in [-0.1, -0.05) is 24.6 Å². The normalized spacial score (nSPS) is 21.0. The molecule has 0 amide bonds. The van der Waals surface area contributed by atoms with Crippen molar-refractivity contribution in [3.8, 4) is 0 Å². The average Bonchev–Trinajstić information content (AvgIpc) is 2.91. The Morgan fingerprint density at radius 3 is 3.00 bits per heavy atom. The third-order valence-corrected chi connectivity index (χ3v) is 7.41. The van der Waals surface area contributed by atoms with Crippen LogP contribution in [0.15, 0.2) is 28.5 Å². The number of nitrogens with one attached hydrogen (secondary N) is 1. The molecular formula is C14H17ClN2O2S2. The van der Waals surface area contributed by atoms with Crippen LogP contribution >= 0.6 is 22.9 Å². The molecule has 1 aromatic heterocycles. The molecule has 0 bridgehead atoms. The lowest BCUT2D eigenvalue weighted by Gasteiger charge is -2.31. The van der Waals surface area contributed by atoms with Gasteiger partial charge in [0.1, 0.15) is 4.21 Å². The second kappa shape index (κ2) is 5.85. The van der Waals surface area contributed by atoms with Crippen molar-refractivity contribution in [2.75, 3.05) is 19.6 Å². The van der Waals surface area contributed by atoms with Gasteiger partial charge in [0, 0.05) is 35.4 Å². The van der Waals surface area contributed by atoms with Crippen LogP contribution in [0.5, 0.6) is 0 Å². The zero-order valence-corrected chi connectivity index (χ0v) is 14.1. The van der Waals surface area contributed by atoms with Crippen LogP contribution in [0, 0.1) is 0 Å². The van der Waals surface area contributed by atoms with Crippen LogP contribution in [0.25, 0.3) is 10.1 Å². The molecule has 0 saturated carbocycles. The number of piperazine rings is 1. The maximum Gasteiger partial charge on any atom is 0.252 e. The van der Waals surface area contributed by atoms with Crippen LogP contribution in [0.1, 0.15) is 13.3 Å². The van der Waals surface area contributed by atoms with E-state index in [4.69, 9.17) is 11.6 Å². The Morgan fingerprint density at radius 2 is 2.24 bits per heavy atom. The molecule has 1 atom stereocenters. The van der Waals surface area contributed by atoms with Crippen molar-refractivity contribution in [3.63, 3.8) is 0 Å². The van der Waals surface area contributed by atoms with Gasteiger partial charge in [0.15, 0.2) is 0 Å². The molecule has 1 saturated heterocycles. The maximum atomic E-state index is 12.8. The van der Waals surface area contributed by atoms with Crippen molar-refractivity contribution in [1.29, 1.82) is 0 Å². The topological polar surface area (TPSA) is 49.4 Å². The first kappa shape index (κ1) is 15.2. The molecule has 2 aromatic rings. The van der Waals surface area contributed by atoms with Crippen molar-refractivity contribution in [3.05, 3.63) is 29.3 Å². The van der Waals surface area contributed by atoms with Gasteiger partial charge in [0.2, 0.25) is 0 Å². The smallest absolute Gasteiger partial charge is 0.252 e. The van der Waals surface area contributed by atoms with E-state index in [0.29, 0.717) is 28.9 Å². The van der Waals surface area contributed by atoms with E-state index in [1.54, 1.807) is 16.4 Å². The van der Waals surface area contributed by atoms with Gasteiger partial charge < -0.3 is 5.32 Å². The average molecular weight is 345 g/mol. The van der Waals surface area contributed by atoms with E-state index in [1.807, 2.05) is 12.1 Å². The lowest BCUT2D eigenvalue weighted by Crippen LogP contribution is -2.52. The molecule has 1 aliphatic rings. The third kappa shape index (κ3) is 2.96. The van der Waals surface area contributed by atoms with Crippen molar-refractivity contribution >= 4 is 43.0 Å². The number of halogens is 1. The maximum absolute atomic E-state index is 12.8. The highest BCUT2D eigenvalue weighted by molar-refractivity contribution is 7.91. The van der Waals surface area contributed by atoms with E-state index in [2.05, 4.69) is 12.2 Å². The number of hydrogen-bond acceptors (Lipinski definition) is 4. The fourth-order valence-corrected chi connectivity index (χ4v) is 5.84. The van der Waals surface area contributed by atoms with Crippen LogP contribution in [-0.2, 0) is 10.0 Å². The first-order valence-electron chi connectivity index (χ1n) is 6.93. The van der Waals surface area contributed by atoms with Gasteiger partial charge in [-0.05, 0) is 30.0 Å². The van der Waals surface area contributed by atoms with Crippen molar-refractivity contribution in [2.45, 2.75) is 23.6 Å². The minimum Gasteiger partial charge on any atom is -0.311 e. The van der Waals surface area contributed by atoms with E-state index in [1.165, 1.54) is 11.3 Å². The molecule has 7 heteroatoms. The lowest BCUT2D eigenvalue weighted by atomic mass is 10.2. The van der Waals surface area contributed by atoms with E-state index >= 15 is 0 Å². The van der Waals surface area contributed by atoms with Crippen LogP contribution in [-0.4, -0.2) is 38.4 Å². The number of benzene rings is 1.